The van der Waals surface area contributed by atoms with Gasteiger partial charge in [0.05, 0.1) is 23.2 Å². The number of halogens is 2. The van der Waals surface area contributed by atoms with Crippen LogP contribution in [-0.4, -0.2) is 22.6 Å². The van der Waals surface area contributed by atoms with Gasteiger partial charge < -0.3 is 16.2 Å². The minimum absolute atomic E-state index is 0.157. The molecule has 0 radical (unpaired) electrons. The number of aliphatic hydroxyl groups is 1. The fourth-order valence-electron chi connectivity index (χ4n) is 1.74. The molecule has 1 atom stereocenters. The van der Waals surface area contributed by atoms with Gasteiger partial charge in [-0.25, -0.2) is 4.98 Å². The molecular formula is C14H13Cl2N3O2. The number of anilines is 1. The maximum absolute atomic E-state index is 12.1. The van der Waals surface area contributed by atoms with Crippen molar-refractivity contribution in [3.8, 4) is 0 Å². The number of carbonyl (C=O) groups excluding carboxylic acids is 1. The fraction of sp³-hybridized carbons (Fsp3) is 0.143. The lowest BCUT2D eigenvalue weighted by Gasteiger charge is -2.17. The largest absolute Gasteiger partial charge is 0.394 e. The lowest BCUT2D eigenvalue weighted by Crippen LogP contribution is -2.30. The van der Waals surface area contributed by atoms with E-state index in [1.165, 1.54) is 12.3 Å². The highest BCUT2D eigenvalue weighted by Gasteiger charge is 2.16. The number of amides is 1. The summed E-state index contributed by atoms with van der Waals surface area (Å²) < 4.78 is 0. The van der Waals surface area contributed by atoms with E-state index in [-0.39, 0.29) is 23.0 Å². The topological polar surface area (TPSA) is 88.2 Å². The first-order valence-electron chi connectivity index (χ1n) is 6.09. The van der Waals surface area contributed by atoms with Gasteiger partial charge in [-0.3, -0.25) is 4.79 Å². The fourth-order valence-corrected chi connectivity index (χ4v) is 2.04. The Balaban J connectivity index is 2.15. The van der Waals surface area contributed by atoms with Crippen LogP contribution >= 0.6 is 23.2 Å². The van der Waals surface area contributed by atoms with Crippen LogP contribution < -0.4 is 11.1 Å². The van der Waals surface area contributed by atoms with Crippen molar-refractivity contribution < 1.29 is 9.90 Å². The Morgan fingerprint density at radius 3 is 2.57 bits per heavy atom. The van der Waals surface area contributed by atoms with Crippen LogP contribution in [0.1, 0.15) is 22.0 Å². The number of carbonyl (C=O) groups is 1. The van der Waals surface area contributed by atoms with Crippen molar-refractivity contribution in [2.45, 2.75) is 6.04 Å². The summed E-state index contributed by atoms with van der Waals surface area (Å²) in [6.45, 7) is -0.247. The first-order chi connectivity index (χ1) is 10.0. The number of nitrogens with zero attached hydrogens (tertiary/aromatic N) is 1. The standard InChI is InChI=1S/C14H13Cl2N3O2/c15-10-3-1-8(2-4-10)12(7-20)19-14(21)9-5-11(16)13(17)18-6-9/h1-6,12,20H,7H2,(H2,17,18)(H,19,21). The third kappa shape index (κ3) is 3.85. The number of aromatic nitrogens is 1. The molecule has 1 amide bonds. The summed E-state index contributed by atoms with van der Waals surface area (Å²) in [4.78, 5) is 16.0. The number of nitrogen functional groups attached to an aromatic ring is 1. The average molecular weight is 326 g/mol. The first-order valence-corrected chi connectivity index (χ1v) is 6.85. The van der Waals surface area contributed by atoms with Crippen LogP contribution in [0.3, 0.4) is 0 Å². The van der Waals surface area contributed by atoms with Crippen molar-refractivity contribution in [1.29, 1.82) is 0 Å². The van der Waals surface area contributed by atoms with E-state index in [9.17, 15) is 9.90 Å². The van der Waals surface area contributed by atoms with Crippen LogP contribution in [0.15, 0.2) is 36.5 Å². The molecule has 21 heavy (non-hydrogen) atoms. The summed E-state index contributed by atoms with van der Waals surface area (Å²) in [6, 6.07) is 7.72. The number of nitrogens with two attached hydrogens (primary N) is 1. The maximum Gasteiger partial charge on any atom is 0.253 e. The second-order valence-electron chi connectivity index (χ2n) is 4.35. The van der Waals surface area contributed by atoms with Gasteiger partial charge in [0, 0.05) is 11.2 Å². The highest BCUT2D eigenvalue weighted by Crippen LogP contribution is 2.19. The molecule has 2 rings (SSSR count). The van der Waals surface area contributed by atoms with E-state index in [0.717, 1.165) is 5.56 Å². The Hall–Kier alpha value is -1.82. The van der Waals surface area contributed by atoms with Gasteiger partial charge in [-0.15, -0.1) is 0 Å². The van der Waals surface area contributed by atoms with Crippen molar-refractivity contribution in [2.24, 2.45) is 0 Å². The zero-order valence-electron chi connectivity index (χ0n) is 10.9. The van der Waals surface area contributed by atoms with Crippen LogP contribution in [0, 0.1) is 0 Å². The number of benzene rings is 1. The van der Waals surface area contributed by atoms with E-state index < -0.39 is 11.9 Å². The van der Waals surface area contributed by atoms with Gasteiger partial charge >= 0.3 is 0 Å². The molecule has 5 nitrogen and oxygen atoms in total. The Morgan fingerprint density at radius 1 is 1.33 bits per heavy atom. The Kier molecular flexibility index (Phi) is 5.01. The van der Waals surface area contributed by atoms with Gasteiger partial charge in [0.2, 0.25) is 0 Å². The van der Waals surface area contributed by atoms with Crippen molar-refractivity contribution in [2.75, 3.05) is 12.3 Å². The van der Waals surface area contributed by atoms with E-state index in [2.05, 4.69) is 10.3 Å². The molecule has 0 aliphatic carbocycles. The summed E-state index contributed by atoms with van der Waals surface area (Å²) in [5.41, 5.74) is 6.50. The van der Waals surface area contributed by atoms with Gasteiger partial charge in [-0.1, -0.05) is 35.3 Å². The smallest absolute Gasteiger partial charge is 0.253 e. The van der Waals surface area contributed by atoms with Gasteiger partial charge in [-0.05, 0) is 23.8 Å². The molecule has 0 spiro atoms. The molecule has 0 aliphatic rings. The van der Waals surface area contributed by atoms with Crippen LogP contribution in [0.4, 0.5) is 5.82 Å². The summed E-state index contributed by atoms with van der Waals surface area (Å²) in [5.74, 6) is -0.247. The number of aliphatic hydroxyl groups excluding tert-OH is 1. The van der Waals surface area contributed by atoms with E-state index in [0.29, 0.717) is 5.02 Å². The summed E-state index contributed by atoms with van der Waals surface area (Å²) in [5, 5.41) is 12.9. The molecule has 2 aromatic rings. The minimum atomic E-state index is -0.550. The predicted octanol–water partition coefficient (Wildman–Crippen LogP) is 2.43. The molecule has 7 heteroatoms. The molecule has 1 aromatic heterocycles. The molecule has 0 fully saturated rings. The highest BCUT2D eigenvalue weighted by atomic mass is 35.5. The predicted molar refractivity (Wildman–Crippen MR) is 82.4 cm³/mol. The molecule has 1 aromatic carbocycles. The van der Waals surface area contributed by atoms with Crippen LogP contribution in [0.2, 0.25) is 10.0 Å². The summed E-state index contributed by atoms with van der Waals surface area (Å²) in [6.07, 6.45) is 1.33. The zero-order chi connectivity index (χ0) is 15.4. The summed E-state index contributed by atoms with van der Waals surface area (Å²) >= 11 is 11.6. The van der Waals surface area contributed by atoms with Crippen molar-refractivity contribution in [3.63, 3.8) is 0 Å². The molecule has 1 unspecified atom stereocenters. The lowest BCUT2D eigenvalue weighted by atomic mass is 10.1. The Labute approximate surface area is 131 Å². The second-order valence-corrected chi connectivity index (χ2v) is 5.19. The quantitative estimate of drug-likeness (QED) is 0.805. The number of nitrogens with one attached hydrogen (secondary N) is 1. The lowest BCUT2D eigenvalue weighted by molar-refractivity contribution is 0.0916. The van der Waals surface area contributed by atoms with Crippen LogP contribution in [-0.2, 0) is 0 Å². The monoisotopic (exact) mass is 325 g/mol. The van der Waals surface area contributed by atoms with E-state index in [1.54, 1.807) is 24.3 Å². The maximum atomic E-state index is 12.1. The molecule has 0 saturated heterocycles. The molecule has 110 valence electrons. The van der Waals surface area contributed by atoms with Gasteiger partial charge in [0.1, 0.15) is 5.82 Å². The normalized spacial score (nSPS) is 12.0. The summed E-state index contributed by atoms with van der Waals surface area (Å²) in [7, 11) is 0. The number of hydrogen-bond donors (Lipinski definition) is 3. The van der Waals surface area contributed by atoms with E-state index in [1.807, 2.05) is 0 Å². The van der Waals surface area contributed by atoms with E-state index >= 15 is 0 Å². The molecule has 4 N–H and O–H groups in total. The molecule has 0 saturated carbocycles. The van der Waals surface area contributed by atoms with Gasteiger partial charge in [0.15, 0.2) is 0 Å². The molecule has 0 bridgehead atoms. The number of hydrogen-bond acceptors (Lipinski definition) is 4. The van der Waals surface area contributed by atoms with E-state index in [4.69, 9.17) is 28.9 Å². The van der Waals surface area contributed by atoms with Crippen molar-refractivity contribution >= 4 is 34.9 Å². The van der Waals surface area contributed by atoms with Crippen LogP contribution in [0.5, 0.6) is 0 Å². The Morgan fingerprint density at radius 2 is 2.00 bits per heavy atom. The van der Waals surface area contributed by atoms with Crippen LogP contribution in [0.25, 0.3) is 0 Å². The second kappa shape index (κ2) is 6.76. The molecule has 1 heterocycles. The zero-order valence-corrected chi connectivity index (χ0v) is 12.4. The third-order valence-electron chi connectivity index (χ3n) is 2.89. The van der Waals surface area contributed by atoms with Gasteiger partial charge in [-0.2, -0.15) is 0 Å². The molecule has 0 aliphatic heterocycles. The highest BCUT2D eigenvalue weighted by molar-refractivity contribution is 6.33. The number of rotatable bonds is 4. The van der Waals surface area contributed by atoms with Crippen molar-refractivity contribution in [1.82, 2.24) is 10.3 Å². The van der Waals surface area contributed by atoms with Gasteiger partial charge in [0.25, 0.3) is 5.91 Å². The Bertz CT molecular complexity index is 647. The average Bonchev–Trinajstić information content (AvgIpc) is 2.48. The minimum Gasteiger partial charge on any atom is -0.394 e. The number of pyridine rings is 1. The SMILES string of the molecule is Nc1ncc(C(=O)NC(CO)c2ccc(Cl)cc2)cc1Cl. The third-order valence-corrected chi connectivity index (χ3v) is 3.45. The first kappa shape index (κ1) is 15.6. The van der Waals surface area contributed by atoms with Crippen molar-refractivity contribution in [3.05, 3.63) is 57.7 Å². The molecular weight excluding hydrogens is 313 g/mol.